The lowest BCUT2D eigenvalue weighted by atomic mass is 10.1. The highest BCUT2D eigenvalue weighted by molar-refractivity contribution is 8.10. The minimum Gasteiger partial charge on any atom is -0.486 e. The van der Waals surface area contributed by atoms with Crippen LogP contribution >= 0.6 is 24.8 Å². The fourth-order valence-electron chi connectivity index (χ4n) is 2.24. The Balaban J connectivity index is 3.88. The van der Waals surface area contributed by atoms with Crippen molar-refractivity contribution in [1.82, 2.24) is 0 Å². The van der Waals surface area contributed by atoms with Crippen LogP contribution in [0.5, 0.6) is 0 Å². The standard InChI is InChI=1S/C15H31NS3/c1-3-5-7-9-11-13-16(19,15(17)18)14-12-10-8-6-4-2/h3-14H2,1-2H3,(H,17,18). The molecular formula is C15H31NS3. The van der Waals surface area contributed by atoms with Gasteiger partial charge in [-0.25, -0.2) is 0 Å². The molecule has 0 saturated heterocycles. The Kier molecular flexibility index (Phi) is 13.0. The van der Waals surface area contributed by atoms with Crippen LogP contribution in [0.2, 0.25) is 0 Å². The summed E-state index contributed by atoms with van der Waals surface area (Å²) in [5.41, 5.74) is 0. The first kappa shape index (κ1) is 19.8. The molecule has 0 N–H and O–H groups in total. The second kappa shape index (κ2) is 12.5. The van der Waals surface area contributed by atoms with Crippen LogP contribution in [0.15, 0.2) is 0 Å². The van der Waals surface area contributed by atoms with Crippen molar-refractivity contribution in [3.8, 4) is 0 Å². The first-order valence-electron chi connectivity index (χ1n) is 7.88. The van der Waals surface area contributed by atoms with E-state index in [4.69, 9.17) is 25.0 Å². The summed E-state index contributed by atoms with van der Waals surface area (Å²) < 4.78 is 1.15. The summed E-state index contributed by atoms with van der Waals surface area (Å²) in [6.45, 7) is 6.45. The van der Waals surface area contributed by atoms with Gasteiger partial charge in [-0.2, -0.15) is 0 Å². The van der Waals surface area contributed by atoms with Gasteiger partial charge in [0.25, 0.3) is 0 Å². The van der Waals surface area contributed by atoms with E-state index in [9.17, 15) is 0 Å². The quantitative estimate of drug-likeness (QED) is 0.167. The lowest BCUT2D eigenvalue weighted by Gasteiger charge is -2.42. The van der Waals surface area contributed by atoms with E-state index in [0.29, 0.717) is 8.21 Å². The number of thiocarbonyl (C=S) groups is 1. The maximum atomic E-state index is 5.70. The van der Waals surface area contributed by atoms with Gasteiger partial charge in [0, 0.05) is 0 Å². The number of unbranched alkanes of at least 4 members (excludes halogenated alkanes) is 8. The number of thiol groups is 1. The van der Waals surface area contributed by atoms with Gasteiger partial charge in [-0.05, 0) is 37.9 Å². The number of hydrogen-bond donors (Lipinski definition) is 1. The highest BCUT2D eigenvalue weighted by Crippen LogP contribution is 2.16. The van der Waals surface area contributed by atoms with Gasteiger partial charge in [0.05, 0.1) is 13.1 Å². The molecule has 114 valence electrons. The van der Waals surface area contributed by atoms with E-state index >= 15 is 0 Å². The molecule has 1 nitrogen and oxygen atoms in total. The zero-order chi connectivity index (χ0) is 14.6. The van der Waals surface area contributed by atoms with E-state index in [2.05, 4.69) is 26.5 Å². The average Bonchev–Trinajstić information content (AvgIpc) is 2.38. The molecule has 0 fully saturated rings. The van der Waals surface area contributed by atoms with E-state index < -0.39 is 0 Å². The Morgan fingerprint density at radius 2 is 1.21 bits per heavy atom. The molecule has 4 heteroatoms. The van der Waals surface area contributed by atoms with Crippen molar-refractivity contribution in [3.63, 3.8) is 0 Å². The van der Waals surface area contributed by atoms with E-state index in [-0.39, 0.29) is 0 Å². The molecule has 0 aromatic carbocycles. The van der Waals surface area contributed by atoms with E-state index in [0.717, 1.165) is 13.1 Å². The highest BCUT2D eigenvalue weighted by Gasteiger charge is 2.17. The third-order valence-corrected chi connectivity index (χ3v) is 5.13. The van der Waals surface area contributed by atoms with Gasteiger partial charge >= 0.3 is 0 Å². The molecule has 0 amide bonds. The zero-order valence-electron chi connectivity index (χ0n) is 12.7. The van der Waals surface area contributed by atoms with Crippen molar-refractivity contribution in [1.29, 1.82) is 0 Å². The summed E-state index contributed by atoms with van der Waals surface area (Å²) in [6.07, 6.45) is 12.8. The molecule has 0 radical (unpaired) electrons. The van der Waals surface area contributed by atoms with Crippen molar-refractivity contribution in [2.45, 2.75) is 78.1 Å². The van der Waals surface area contributed by atoms with Crippen molar-refractivity contribution in [2.24, 2.45) is 0 Å². The van der Waals surface area contributed by atoms with E-state index in [1.165, 1.54) is 64.2 Å². The van der Waals surface area contributed by atoms with Gasteiger partial charge in [0.15, 0.2) is 0 Å². The molecule has 0 unspecified atom stereocenters. The molecule has 0 aliphatic rings. The predicted molar refractivity (Wildman–Crippen MR) is 96.5 cm³/mol. The van der Waals surface area contributed by atoms with Crippen molar-refractivity contribution in [3.05, 3.63) is 0 Å². The van der Waals surface area contributed by atoms with E-state index in [1.54, 1.807) is 0 Å². The summed E-state index contributed by atoms with van der Waals surface area (Å²) in [7, 11) is 0. The SMILES string of the molecule is CCCCCCC[N+]([S-])(CCCCCCC)C(=S)S. The molecule has 19 heavy (non-hydrogen) atoms. The Labute approximate surface area is 137 Å². The number of nitrogens with zero attached hydrogens (tertiary/aromatic N) is 1. The van der Waals surface area contributed by atoms with Gasteiger partial charge in [-0.15, -0.1) is 0 Å². The minimum absolute atomic E-state index is 0.469. The Bertz CT molecular complexity index is 217. The lowest BCUT2D eigenvalue weighted by Crippen LogP contribution is -2.46. The molecule has 0 heterocycles. The minimum atomic E-state index is 0.469. The van der Waals surface area contributed by atoms with Gasteiger partial charge in [0.1, 0.15) is 0 Å². The van der Waals surface area contributed by atoms with Crippen molar-refractivity contribution < 1.29 is 3.89 Å². The molecule has 0 bridgehead atoms. The first-order valence-corrected chi connectivity index (χ1v) is 9.10. The number of quaternary nitrogens is 1. The molecule has 0 aliphatic carbocycles. The van der Waals surface area contributed by atoms with Gasteiger partial charge in [-0.3, -0.25) is 0 Å². The normalized spacial score (nSPS) is 11.8. The molecule has 0 rings (SSSR count). The summed E-state index contributed by atoms with van der Waals surface area (Å²) in [4.78, 5) is 0. The molecule has 0 aromatic rings. The topological polar surface area (TPSA) is 0 Å². The maximum Gasteiger partial charge on any atom is 0.212 e. The van der Waals surface area contributed by atoms with Crippen LogP contribution in [-0.2, 0) is 12.8 Å². The second-order valence-electron chi connectivity index (χ2n) is 5.45. The molecule has 0 atom stereocenters. The van der Waals surface area contributed by atoms with Crippen LogP contribution in [0.25, 0.3) is 0 Å². The summed E-state index contributed by atoms with van der Waals surface area (Å²) in [5.74, 6) is 0. The average molecular weight is 322 g/mol. The lowest BCUT2D eigenvalue weighted by molar-refractivity contribution is -0.691. The summed E-state index contributed by atoms with van der Waals surface area (Å²) in [6, 6.07) is 0. The van der Waals surface area contributed by atoms with Crippen molar-refractivity contribution in [2.75, 3.05) is 13.1 Å². The van der Waals surface area contributed by atoms with Crippen molar-refractivity contribution >= 4 is 42.0 Å². The Hall–Kier alpha value is 0.750. The first-order chi connectivity index (χ1) is 9.06. The third-order valence-electron chi connectivity index (χ3n) is 3.59. The molecule has 0 spiro atoms. The van der Waals surface area contributed by atoms with Crippen LogP contribution in [-0.4, -0.2) is 21.3 Å². The fourth-order valence-corrected chi connectivity index (χ4v) is 2.89. The van der Waals surface area contributed by atoms with Gasteiger partial charge in [0.2, 0.25) is 4.32 Å². The fraction of sp³-hybridized carbons (Fsp3) is 0.933. The maximum absolute atomic E-state index is 5.70. The highest BCUT2D eigenvalue weighted by atomic mass is 32.1. The number of hydrogen-bond acceptors (Lipinski definition) is 2. The van der Waals surface area contributed by atoms with Crippen LogP contribution in [0.3, 0.4) is 0 Å². The zero-order valence-corrected chi connectivity index (χ0v) is 15.2. The molecule has 0 aliphatic heterocycles. The summed E-state index contributed by atoms with van der Waals surface area (Å²) in [5, 5.41) is 0. The molecular weight excluding hydrogens is 290 g/mol. The van der Waals surface area contributed by atoms with Gasteiger partial charge in [-0.1, -0.05) is 65.0 Å². The monoisotopic (exact) mass is 321 g/mol. The molecule has 0 aromatic heterocycles. The smallest absolute Gasteiger partial charge is 0.212 e. The Morgan fingerprint density at radius 1 is 0.842 bits per heavy atom. The van der Waals surface area contributed by atoms with Crippen LogP contribution in [0.1, 0.15) is 78.1 Å². The van der Waals surface area contributed by atoms with Crippen LogP contribution in [0.4, 0.5) is 0 Å². The molecule has 0 saturated carbocycles. The van der Waals surface area contributed by atoms with E-state index in [1.807, 2.05) is 0 Å². The second-order valence-corrected chi connectivity index (χ2v) is 7.26. The van der Waals surface area contributed by atoms with Crippen LogP contribution < -0.4 is 0 Å². The predicted octanol–water partition coefficient (Wildman–Crippen LogP) is 5.42. The third kappa shape index (κ3) is 10.2. The van der Waals surface area contributed by atoms with Crippen LogP contribution in [0, 0.1) is 0 Å². The Morgan fingerprint density at radius 3 is 1.53 bits per heavy atom. The largest absolute Gasteiger partial charge is 0.486 e. The van der Waals surface area contributed by atoms with Gasteiger partial charge < -0.3 is 16.7 Å². The number of rotatable bonds is 12. The summed E-state index contributed by atoms with van der Waals surface area (Å²) >= 11 is 15.3.